The molecule has 3 nitrogen and oxygen atoms in total. The molecule has 1 heterocycles. The van der Waals surface area contributed by atoms with Crippen molar-refractivity contribution in [2.24, 2.45) is 0 Å². The van der Waals surface area contributed by atoms with Gasteiger partial charge in [-0.1, -0.05) is 11.6 Å². The second-order valence-electron chi connectivity index (χ2n) is 1.77. The minimum atomic E-state index is -0.993. The largest absolute Gasteiger partial charge is 0.481 e. The van der Waals surface area contributed by atoms with Crippen LogP contribution < -0.4 is 4.74 Å². The quantitative estimate of drug-likeness (QED) is 0.795. The standard InChI is InChI=1S/C6H5ClO3S/c7-5-1-4(3-11-5)10-2-6(8)9/h1,3H,2H2,(H,8,9). The zero-order valence-corrected chi connectivity index (χ0v) is 6.98. The summed E-state index contributed by atoms with van der Waals surface area (Å²) in [5.74, 6) is -0.491. The number of hydrogen-bond acceptors (Lipinski definition) is 3. The highest BCUT2D eigenvalue weighted by Crippen LogP contribution is 2.25. The zero-order valence-electron chi connectivity index (χ0n) is 5.41. The molecule has 5 heteroatoms. The molecule has 60 valence electrons. The molecule has 0 aliphatic carbocycles. The third kappa shape index (κ3) is 2.78. The fourth-order valence-electron chi connectivity index (χ4n) is 0.515. The van der Waals surface area contributed by atoms with Gasteiger partial charge in [0.2, 0.25) is 0 Å². The van der Waals surface area contributed by atoms with Gasteiger partial charge in [0.1, 0.15) is 5.75 Å². The lowest BCUT2D eigenvalue weighted by atomic mass is 10.6. The summed E-state index contributed by atoms with van der Waals surface area (Å²) in [5, 5.41) is 9.89. The molecule has 0 fully saturated rings. The Labute approximate surface area is 72.2 Å². The Morgan fingerprint density at radius 3 is 3.00 bits per heavy atom. The summed E-state index contributed by atoms with van der Waals surface area (Å²) in [6, 6.07) is 1.58. The van der Waals surface area contributed by atoms with E-state index in [1.807, 2.05) is 0 Å². The summed E-state index contributed by atoms with van der Waals surface area (Å²) < 4.78 is 5.40. The van der Waals surface area contributed by atoms with E-state index < -0.39 is 5.97 Å². The number of halogens is 1. The van der Waals surface area contributed by atoms with Crippen LogP contribution in [0.25, 0.3) is 0 Å². The highest BCUT2D eigenvalue weighted by atomic mass is 35.5. The van der Waals surface area contributed by atoms with E-state index in [9.17, 15) is 4.79 Å². The number of hydrogen-bond donors (Lipinski definition) is 1. The second kappa shape index (κ2) is 3.59. The van der Waals surface area contributed by atoms with E-state index in [4.69, 9.17) is 21.4 Å². The van der Waals surface area contributed by atoms with Crippen LogP contribution in [-0.2, 0) is 4.79 Å². The van der Waals surface area contributed by atoms with E-state index in [2.05, 4.69) is 0 Å². The van der Waals surface area contributed by atoms with E-state index in [1.165, 1.54) is 11.3 Å². The summed E-state index contributed by atoms with van der Waals surface area (Å²) in [6.45, 7) is -0.326. The predicted molar refractivity (Wildman–Crippen MR) is 42.5 cm³/mol. The lowest BCUT2D eigenvalue weighted by Gasteiger charge is -1.96. The van der Waals surface area contributed by atoms with Crippen molar-refractivity contribution in [3.8, 4) is 5.75 Å². The molecule has 0 atom stereocenters. The Hall–Kier alpha value is -0.740. The number of aliphatic carboxylic acids is 1. The van der Waals surface area contributed by atoms with Gasteiger partial charge in [-0.05, 0) is 0 Å². The van der Waals surface area contributed by atoms with E-state index in [0.717, 1.165) is 0 Å². The molecular weight excluding hydrogens is 188 g/mol. The summed E-state index contributed by atoms with van der Waals surface area (Å²) in [6.07, 6.45) is 0. The van der Waals surface area contributed by atoms with Crippen molar-refractivity contribution in [3.05, 3.63) is 15.8 Å². The Morgan fingerprint density at radius 1 is 1.82 bits per heavy atom. The lowest BCUT2D eigenvalue weighted by Crippen LogP contribution is -2.08. The van der Waals surface area contributed by atoms with Crippen LogP contribution in [0, 0.1) is 0 Å². The van der Waals surface area contributed by atoms with Crippen molar-refractivity contribution >= 4 is 28.9 Å². The average Bonchev–Trinajstić information content (AvgIpc) is 2.31. The molecule has 0 amide bonds. The van der Waals surface area contributed by atoms with Gasteiger partial charge in [0, 0.05) is 11.4 Å². The molecule has 1 rings (SSSR count). The average molecular weight is 193 g/mol. The first-order chi connectivity index (χ1) is 5.18. The fraction of sp³-hybridized carbons (Fsp3) is 0.167. The van der Waals surface area contributed by atoms with Crippen molar-refractivity contribution in [2.75, 3.05) is 6.61 Å². The molecule has 0 aliphatic rings. The molecule has 0 spiro atoms. The van der Waals surface area contributed by atoms with E-state index in [0.29, 0.717) is 10.1 Å². The molecule has 0 bridgehead atoms. The minimum Gasteiger partial charge on any atom is -0.481 e. The van der Waals surface area contributed by atoms with Crippen LogP contribution in [-0.4, -0.2) is 17.7 Å². The van der Waals surface area contributed by atoms with Crippen LogP contribution in [0.15, 0.2) is 11.4 Å². The molecule has 0 unspecified atom stereocenters. The molecule has 1 aromatic rings. The van der Waals surface area contributed by atoms with Gasteiger partial charge in [-0.2, -0.15) is 0 Å². The van der Waals surface area contributed by atoms with Crippen LogP contribution in [0.1, 0.15) is 0 Å². The van der Waals surface area contributed by atoms with Crippen molar-refractivity contribution in [3.63, 3.8) is 0 Å². The first kappa shape index (κ1) is 8.36. The normalized spacial score (nSPS) is 9.55. The molecule has 0 aliphatic heterocycles. The number of ether oxygens (including phenoxy) is 1. The van der Waals surface area contributed by atoms with Gasteiger partial charge in [0.25, 0.3) is 0 Å². The highest BCUT2D eigenvalue weighted by Gasteiger charge is 2.00. The molecule has 0 saturated heterocycles. The monoisotopic (exact) mass is 192 g/mol. The van der Waals surface area contributed by atoms with Crippen LogP contribution in [0.3, 0.4) is 0 Å². The van der Waals surface area contributed by atoms with Crippen LogP contribution in [0.4, 0.5) is 0 Å². The third-order valence-electron chi connectivity index (χ3n) is 0.906. The van der Waals surface area contributed by atoms with Gasteiger partial charge in [-0.15, -0.1) is 11.3 Å². The number of rotatable bonds is 3. The molecule has 1 aromatic heterocycles. The summed E-state index contributed by atoms with van der Waals surface area (Å²) >= 11 is 6.87. The molecule has 0 saturated carbocycles. The van der Waals surface area contributed by atoms with Crippen molar-refractivity contribution in [2.45, 2.75) is 0 Å². The number of carboxylic acid groups (broad SMARTS) is 1. The topological polar surface area (TPSA) is 46.5 Å². The summed E-state index contributed by atoms with van der Waals surface area (Å²) in [5.41, 5.74) is 0. The maximum Gasteiger partial charge on any atom is 0.341 e. The van der Waals surface area contributed by atoms with Crippen molar-refractivity contribution in [1.29, 1.82) is 0 Å². The number of carboxylic acids is 1. The summed E-state index contributed by atoms with van der Waals surface area (Å²) in [4.78, 5) is 10.0. The van der Waals surface area contributed by atoms with Crippen LogP contribution in [0.5, 0.6) is 5.75 Å². The molecule has 0 radical (unpaired) electrons. The van der Waals surface area contributed by atoms with Crippen LogP contribution in [0.2, 0.25) is 4.34 Å². The molecule has 11 heavy (non-hydrogen) atoms. The lowest BCUT2D eigenvalue weighted by molar-refractivity contribution is -0.139. The first-order valence-electron chi connectivity index (χ1n) is 2.77. The van der Waals surface area contributed by atoms with E-state index in [1.54, 1.807) is 11.4 Å². The summed E-state index contributed by atoms with van der Waals surface area (Å²) in [7, 11) is 0. The highest BCUT2D eigenvalue weighted by molar-refractivity contribution is 7.14. The molecule has 1 N–H and O–H groups in total. The maximum absolute atomic E-state index is 10.0. The molecule has 0 aromatic carbocycles. The Bertz CT molecular complexity index is 258. The second-order valence-corrected chi connectivity index (χ2v) is 3.31. The maximum atomic E-state index is 10.0. The van der Waals surface area contributed by atoms with Crippen molar-refractivity contribution < 1.29 is 14.6 Å². The Kier molecular flexibility index (Phi) is 2.73. The van der Waals surface area contributed by atoms with Gasteiger partial charge in [-0.3, -0.25) is 0 Å². The van der Waals surface area contributed by atoms with Crippen LogP contribution >= 0.6 is 22.9 Å². The predicted octanol–water partition coefficient (Wildman–Crippen LogP) is 1.86. The fourth-order valence-corrected chi connectivity index (χ4v) is 1.31. The minimum absolute atomic E-state index is 0.326. The number of thiophene rings is 1. The van der Waals surface area contributed by atoms with E-state index in [-0.39, 0.29) is 6.61 Å². The molecular formula is C6H5ClO3S. The van der Waals surface area contributed by atoms with Gasteiger partial charge in [0.05, 0.1) is 4.34 Å². The van der Waals surface area contributed by atoms with Gasteiger partial charge < -0.3 is 9.84 Å². The SMILES string of the molecule is O=C(O)COc1csc(Cl)c1. The van der Waals surface area contributed by atoms with E-state index >= 15 is 0 Å². The van der Waals surface area contributed by atoms with Gasteiger partial charge >= 0.3 is 5.97 Å². The third-order valence-corrected chi connectivity index (χ3v) is 1.98. The van der Waals surface area contributed by atoms with Crippen molar-refractivity contribution in [1.82, 2.24) is 0 Å². The Morgan fingerprint density at radius 2 is 2.55 bits per heavy atom. The first-order valence-corrected chi connectivity index (χ1v) is 4.03. The Balaban J connectivity index is 2.45. The smallest absolute Gasteiger partial charge is 0.341 e. The zero-order chi connectivity index (χ0) is 8.27. The number of carbonyl (C=O) groups is 1. The van der Waals surface area contributed by atoms with Gasteiger partial charge in [0.15, 0.2) is 6.61 Å². The van der Waals surface area contributed by atoms with Gasteiger partial charge in [-0.25, -0.2) is 4.79 Å².